The van der Waals surface area contributed by atoms with Gasteiger partial charge < -0.3 is 15.2 Å². The largest absolute Gasteiger partial charge is 0.372 e. The lowest BCUT2D eigenvalue weighted by molar-refractivity contribution is 0.102. The first kappa shape index (κ1) is 20.5. The van der Waals surface area contributed by atoms with E-state index in [9.17, 15) is 4.79 Å². The first-order valence-corrected chi connectivity index (χ1v) is 11.2. The van der Waals surface area contributed by atoms with Gasteiger partial charge >= 0.3 is 0 Å². The second-order valence-corrected chi connectivity index (χ2v) is 8.62. The summed E-state index contributed by atoms with van der Waals surface area (Å²) in [6.45, 7) is 4.06. The SMILES string of the molecule is Cc1cnc2nc(-c3cc(NC(=O)c4cccc(N5CCCCC5)c4)ccc3Cl)[nH]c2c1. The third-order valence-corrected chi connectivity index (χ3v) is 6.11. The molecular weight excluding hydrogens is 422 g/mol. The predicted octanol–water partition coefficient (Wildman–Crippen LogP) is 5.83. The van der Waals surface area contributed by atoms with E-state index in [1.54, 1.807) is 18.3 Å². The number of carbonyl (C=O) groups excluding carboxylic acids is 1. The molecule has 162 valence electrons. The van der Waals surface area contributed by atoms with Gasteiger partial charge in [0.15, 0.2) is 5.65 Å². The fourth-order valence-electron chi connectivity index (χ4n) is 4.12. The molecular formula is C25H24ClN5O. The van der Waals surface area contributed by atoms with E-state index in [0.717, 1.165) is 29.9 Å². The average Bonchev–Trinajstić information content (AvgIpc) is 3.24. The molecule has 1 amide bonds. The summed E-state index contributed by atoms with van der Waals surface area (Å²) in [4.78, 5) is 27.5. The molecule has 32 heavy (non-hydrogen) atoms. The van der Waals surface area contributed by atoms with Gasteiger partial charge in [0.25, 0.3) is 5.91 Å². The molecule has 0 atom stereocenters. The third-order valence-electron chi connectivity index (χ3n) is 5.78. The van der Waals surface area contributed by atoms with Crippen LogP contribution in [0.1, 0.15) is 35.2 Å². The number of hydrogen-bond acceptors (Lipinski definition) is 4. The fraction of sp³-hybridized carbons (Fsp3) is 0.240. The zero-order valence-corrected chi connectivity index (χ0v) is 18.6. The number of pyridine rings is 1. The normalized spacial score (nSPS) is 14.0. The average molecular weight is 446 g/mol. The number of nitrogens with one attached hydrogen (secondary N) is 2. The number of imidazole rings is 1. The standard InChI is InChI=1S/C25H24ClN5O/c1-16-12-22-24(27-15-16)30-23(29-22)20-14-18(8-9-21(20)26)28-25(32)17-6-5-7-19(13-17)31-10-3-2-4-11-31/h5-9,12-15H,2-4,10-11H2,1H3,(H,28,32)(H,27,29,30). The Morgan fingerprint density at radius 1 is 1.09 bits per heavy atom. The number of nitrogens with zero attached hydrogens (tertiary/aromatic N) is 3. The number of rotatable bonds is 4. The zero-order valence-electron chi connectivity index (χ0n) is 17.9. The monoisotopic (exact) mass is 445 g/mol. The second kappa shape index (κ2) is 8.63. The van der Waals surface area contributed by atoms with Gasteiger partial charge in [-0.15, -0.1) is 0 Å². The van der Waals surface area contributed by atoms with Crippen LogP contribution in [0, 0.1) is 6.92 Å². The first-order valence-electron chi connectivity index (χ1n) is 10.9. The number of amides is 1. The smallest absolute Gasteiger partial charge is 0.255 e. The van der Waals surface area contributed by atoms with Crippen molar-refractivity contribution in [1.82, 2.24) is 15.0 Å². The molecule has 1 aliphatic rings. The van der Waals surface area contributed by atoms with Crippen molar-refractivity contribution in [3.05, 3.63) is 70.9 Å². The van der Waals surface area contributed by atoms with Crippen molar-refractivity contribution in [2.45, 2.75) is 26.2 Å². The van der Waals surface area contributed by atoms with Gasteiger partial charge in [-0.1, -0.05) is 17.7 Å². The highest BCUT2D eigenvalue weighted by molar-refractivity contribution is 6.33. The van der Waals surface area contributed by atoms with E-state index in [1.165, 1.54) is 19.3 Å². The van der Waals surface area contributed by atoms with Crippen LogP contribution in [-0.2, 0) is 0 Å². The molecule has 2 N–H and O–H groups in total. The number of halogens is 1. The minimum Gasteiger partial charge on any atom is -0.372 e. The first-order chi connectivity index (χ1) is 15.6. The maximum Gasteiger partial charge on any atom is 0.255 e. The molecule has 2 aromatic heterocycles. The van der Waals surface area contributed by atoms with Crippen LogP contribution in [-0.4, -0.2) is 33.9 Å². The summed E-state index contributed by atoms with van der Waals surface area (Å²) < 4.78 is 0. The Morgan fingerprint density at radius 3 is 2.78 bits per heavy atom. The van der Waals surface area contributed by atoms with E-state index >= 15 is 0 Å². The van der Waals surface area contributed by atoms with Gasteiger partial charge in [-0.05, 0) is 74.2 Å². The van der Waals surface area contributed by atoms with Gasteiger partial charge in [-0.3, -0.25) is 4.79 Å². The van der Waals surface area contributed by atoms with E-state index in [2.05, 4.69) is 31.2 Å². The summed E-state index contributed by atoms with van der Waals surface area (Å²) in [5.74, 6) is 0.463. The molecule has 0 spiro atoms. The van der Waals surface area contributed by atoms with Crippen molar-refractivity contribution in [2.75, 3.05) is 23.3 Å². The molecule has 2 aromatic carbocycles. The van der Waals surface area contributed by atoms with Gasteiger partial charge in [0.05, 0.1) is 10.5 Å². The number of fused-ring (bicyclic) bond motifs is 1. The number of anilines is 2. The highest BCUT2D eigenvalue weighted by atomic mass is 35.5. The minimum atomic E-state index is -0.154. The molecule has 3 heterocycles. The Bertz CT molecular complexity index is 1290. The highest BCUT2D eigenvalue weighted by Crippen LogP contribution is 2.30. The molecule has 0 unspecified atom stereocenters. The lowest BCUT2D eigenvalue weighted by Gasteiger charge is -2.29. The maximum atomic E-state index is 13.0. The van der Waals surface area contributed by atoms with Crippen LogP contribution < -0.4 is 10.2 Å². The summed E-state index contributed by atoms with van der Waals surface area (Å²) in [6.07, 6.45) is 5.45. The molecule has 1 saturated heterocycles. The number of piperidine rings is 1. The van der Waals surface area contributed by atoms with E-state index in [1.807, 2.05) is 37.3 Å². The molecule has 7 heteroatoms. The highest BCUT2D eigenvalue weighted by Gasteiger charge is 2.15. The number of aromatic nitrogens is 3. The number of aryl methyl sites for hydroxylation is 1. The van der Waals surface area contributed by atoms with Crippen LogP contribution in [0.4, 0.5) is 11.4 Å². The molecule has 0 aliphatic carbocycles. The van der Waals surface area contributed by atoms with Crippen LogP contribution in [0.25, 0.3) is 22.6 Å². The number of hydrogen-bond donors (Lipinski definition) is 2. The Kier molecular flexibility index (Phi) is 5.53. The van der Waals surface area contributed by atoms with E-state index in [4.69, 9.17) is 11.6 Å². The zero-order chi connectivity index (χ0) is 22.1. The van der Waals surface area contributed by atoms with E-state index < -0.39 is 0 Å². The van der Waals surface area contributed by atoms with Gasteiger partial charge in [0.1, 0.15) is 5.82 Å². The summed E-state index contributed by atoms with van der Waals surface area (Å²) in [6, 6.07) is 15.2. The van der Waals surface area contributed by atoms with Crippen molar-refractivity contribution in [3.63, 3.8) is 0 Å². The summed E-state index contributed by atoms with van der Waals surface area (Å²) in [5, 5.41) is 3.54. The summed E-state index contributed by atoms with van der Waals surface area (Å²) >= 11 is 6.45. The van der Waals surface area contributed by atoms with Crippen molar-refractivity contribution >= 4 is 40.0 Å². The van der Waals surface area contributed by atoms with Gasteiger partial charge in [-0.2, -0.15) is 0 Å². The molecule has 0 bridgehead atoms. The van der Waals surface area contributed by atoms with Crippen LogP contribution in [0.15, 0.2) is 54.7 Å². The van der Waals surface area contributed by atoms with Gasteiger partial charge in [0.2, 0.25) is 0 Å². The van der Waals surface area contributed by atoms with E-state index in [0.29, 0.717) is 33.3 Å². The molecule has 1 aliphatic heterocycles. The molecule has 1 fully saturated rings. The number of H-pyrrole nitrogens is 1. The quantitative estimate of drug-likeness (QED) is 0.414. The van der Waals surface area contributed by atoms with E-state index in [-0.39, 0.29) is 5.91 Å². The van der Waals surface area contributed by atoms with Crippen LogP contribution in [0.5, 0.6) is 0 Å². The Balaban J connectivity index is 1.39. The van der Waals surface area contributed by atoms with Crippen molar-refractivity contribution in [1.29, 1.82) is 0 Å². The third kappa shape index (κ3) is 4.18. The lowest BCUT2D eigenvalue weighted by atomic mass is 10.1. The predicted molar refractivity (Wildman–Crippen MR) is 130 cm³/mol. The van der Waals surface area contributed by atoms with Crippen molar-refractivity contribution in [2.24, 2.45) is 0 Å². The Morgan fingerprint density at radius 2 is 1.94 bits per heavy atom. The minimum absolute atomic E-state index is 0.154. The van der Waals surface area contributed by atoms with Crippen molar-refractivity contribution < 1.29 is 4.79 Å². The van der Waals surface area contributed by atoms with Crippen LogP contribution in [0.3, 0.4) is 0 Å². The number of aromatic amines is 1. The Hall–Kier alpha value is -3.38. The summed E-state index contributed by atoms with van der Waals surface area (Å²) in [5.41, 5.74) is 5.62. The number of benzene rings is 2. The molecule has 5 rings (SSSR count). The van der Waals surface area contributed by atoms with Crippen molar-refractivity contribution in [3.8, 4) is 11.4 Å². The molecule has 0 radical (unpaired) electrons. The van der Waals surface area contributed by atoms with Gasteiger partial charge in [-0.25, -0.2) is 9.97 Å². The van der Waals surface area contributed by atoms with Gasteiger partial charge in [0, 0.05) is 41.8 Å². The lowest BCUT2D eigenvalue weighted by Crippen LogP contribution is -2.29. The second-order valence-electron chi connectivity index (χ2n) is 8.22. The number of carbonyl (C=O) groups is 1. The van der Waals surface area contributed by atoms with Crippen LogP contribution in [0.2, 0.25) is 5.02 Å². The summed E-state index contributed by atoms with van der Waals surface area (Å²) in [7, 11) is 0. The topological polar surface area (TPSA) is 73.9 Å². The molecule has 0 saturated carbocycles. The van der Waals surface area contributed by atoms with Crippen LogP contribution >= 0.6 is 11.6 Å². The molecule has 6 nitrogen and oxygen atoms in total. The fourth-order valence-corrected chi connectivity index (χ4v) is 4.32. The maximum absolute atomic E-state index is 13.0. The molecule has 4 aromatic rings. The Labute approximate surface area is 191 Å².